The Morgan fingerprint density at radius 1 is 0.893 bits per heavy atom. The number of rotatable bonds is 4. The van der Waals surface area contributed by atoms with Gasteiger partial charge in [-0.25, -0.2) is 9.78 Å². The van der Waals surface area contributed by atoms with Crippen molar-refractivity contribution in [2.45, 2.75) is 44.1 Å². The average Bonchev–Trinajstić information content (AvgIpc) is 2.64. The molecule has 2 aromatic rings. The van der Waals surface area contributed by atoms with E-state index in [1.165, 1.54) is 38.5 Å². The van der Waals surface area contributed by atoms with Gasteiger partial charge in [0.05, 0.1) is 11.9 Å². The fourth-order valence-corrected chi connectivity index (χ4v) is 6.03. The van der Waals surface area contributed by atoms with Crippen LogP contribution in [-0.2, 0) is 0 Å². The second-order valence-electron chi connectivity index (χ2n) is 8.84. The molecule has 1 aromatic carbocycles. The summed E-state index contributed by atoms with van der Waals surface area (Å²) in [5.41, 5.74) is 1.60. The second kappa shape index (κ2) is 6.96. The Bertz CT molecular complexity index is 830. The van der Waals surface area contributed by atoms with Crippen molar-refractivity contribution in [2.24, 2.45) is 17.8 Å². The van der Waals surface area contributed by atoms with Gasteiger partial charge in [-0.1, -0.05) is 11.6 Å². The summed E-state index contributed by atoms with van der Waals surface area (Å²) in [6, 6.07) is 10.6. The molecule has 0 spiro atoms. The van der Waals surface area contributed by atoms with Gasteiger partial charge in [-0.2, -0.15) is 0 Å². The summed E-state index contributed by atoms with van der Waals surface area (Å²) in [4.78, 5) is 16.7. The Hall–Kier alpha value is -2.27. The minimum absolute atomic E-state index is 0.239. The number of hydrogen-bond donors (Lipinski definition) is 3. The standard InChI is InChI=1S/C22H25ClN4O/c23-17-1-3-18(4-2-17)25-21(28)26-19-5-6-20(24-13-19)27-22-10-14-7-15(11-22)9-16(8-14)12-22/h1-6,13-16H,7-12H2,(H,24,27)(H2,25,26,28). The first-order valence-corrected chi connectivity index (χ1v) is 10.5. The summed E-state index contributed by atoms with van der Waals surface area (Å²) in [6.07, 6.45) is 9.85. The predicted octanol–water partition coefficient (Wildman–Crippen LogP) is 5.76. The molecule has 1 aromatic heterocycles. The van der Waals surface area contributed by atoms with Gasteiger partial charge in [-0.05, 0) is 92.7 Å². The van der Waals surface area contributed by atoms with E-state index in [-0.39, 0.29) is 11.6 Å². The fraction of sp³-hybridized carbons (Fsp3) is 0.455. The molecule has 28 heavy (non-hydrogen) atoms. The Balaban J connectivity index is 1.20. The maximum atomic E-state index is 12.2. The van der Waals surface area contributed by atoms with Gasteiger partial charge in [-0.15, -0.1) is 0 Å². The molecule has 3 N–H and O–H groups in total. The van der Waals surface area contributed by atoms with E-state index < -0.39 is 0 Å². The normalized spacial score (nSPS) is 30.1. The summed E-state index contributed by atoms with van der Waals surface area (Å²) < 4.78 is 0. The lowest BCUT2D eigenvalue weighted by Crippen LogP contribution is -2.54. The van der Waals surface area contributed by atoms with E-state index in [4.69, 9.17) is 11.6 Å². The van der Waals surface area contributed by atoms with E-state index in [9.17, 15) is 4.79 Å². The van der Waals surface area contributed by atoms with E-state index in [2.05, 4.69) is 20.9 Å². The summed E-state index contributed by atoms with van der Waals surface area (Å²) >= 11 is 5.86. The van der Waals surface area contributed by atoms with Crippen LogP contribution in [0.2, 0.25) is 5.02 Å². The molecular formula is C22H25ClN4O. The Labute approximate surface area is 170 Å². The summed E-state index contributed by atoms with van der Waals surface area (Å²) in [5.74, 6) is 3.61. The highest BCUT2D eigenvalue weighted by atomic mass is 35.5. The molecule has 0 atom stereocenters. The van der Waals surface area contributed by atoms with E-state index >= 15 is 0 Å². The Kier molecular flexibility index (Phi) is 4.43. The fourth-order valence-electron chi connectivity index (χ4n) is 5.90. The highest BCUT2D eigenvalue weighted by Gasteiger charge is 2.51. The zero-order valence-electron chi connectivity index (χ0n) is 15.7. The third-order valence-corrected chi connectivity index (χ3v) is 6.81. The molecule has 4 bridgehead atoms. The first-order chi connectivity index (χ1) is 13.6. The van der Waals surface area contributed by atoms with Crippen LogP contribution >= 0.6 is 11.6 Å². The number of carbonyl (C=O) groups excluding carboxylic acids is 1. The summed E-state index contributed by atoms with van der Waals surface area (Å²) in [7, 11) is 0. The highest BCUT2D eigenvalue weighted by Crippen LogP contribution is 2.56. The third kappa shape index (κ3) is 3.68. The number of anilines is 3. The van der Waals surface area contributed by atoms with Crippen molar-refractivity contribution in [3.8, 4) is 0 Å². The molecule has 4 aliphatic rings. The third-order valence-electron chi connectivity index (χ3n) is 6.55. The number of carbonyl (C=O) groups is 1. The minimum atomic E-state index is -0.300. The van der Waals surface area contributed by atoms with Crippen LogP contribution in [0, 0.1) is 17.8 Å². The molecule has 0 aliphatic heterocycles. The van der Waals surface area contributed by atoms with Gasteiger partial charge in [0.15, 0.2) is 0 Å². The molecule has 6 rings (SSSR count). The molecule has 4 aliphatic carbocycles. The lowest BCUT2D eigenvalue weighted by atomic mass is 9.53. The van der Waals surface area contributed by atoms with Crippen LogP contribution in [0.5, 0.6) is 0 Å². The summed E-state index contributed by atoms with van der Waals surface area (Å²) in [6.45, 7) is 0. The number of pyridine rings is 1. The summed E-state index contributed by atoms with van der Waals surface area (Å²) in [5, 5.41) is 10.00. The van der Waals surface area contributed by atoms with Crippen molar-refractivity contribution in [1.29, 1.82) is 0 Å². The topological polar surface area (TPSA) is 66.1 Å². The number of amides is 2. The highest BCUT2D eigenvalue weighted by molar-refractivity contribution is 6.30. The minimum Gasteiger partial charge on any atom is -0.365 e. The smallest absolute Gasteiger partial charge is 0.323 e. The van der Waals surface area contributed by atoms with Crippen LogP contribution < -0.4 is 16.0 Å². The number of urea groups is 1. The van der Waals surface area contributed by atoms with E-state index in [1.807, 2.05) is 12.1 Å². The van der Waals surface area contributed by atoms with Crippen molar-refractivity contribution in [3.63, 3.8) is 0 Å². The quantitative estimate of drug-likeness (QED) is 0.615. The van der Waals surface area contributed by atoms with Gasteiger partial charge in [0, 0.05) is 16.2 Å². The molecule has 4 saturated carbocycles. The van der Waals surface area contributed by atoms with Crippen molar-refractivity contribution in [2.75, 3.05) is 16.0 Å². The molecule has 146 valence electrons. The van der Waals surface area contributed by atoms with Crippen LogP contribution in [0.4, 0.5) is 22.0 Å². The van der Waals surface area contributed by atoms with Gasteiger partial charge < -0.3 is 16.0 Å². The van der Waals surface area contributed by atoms with Crippen LogP contribution in [0.1, 0.15) is 38.5 Å². The maximum absolute atomic E-state index is 12.2. The lowest BCUT2D eigenvalue weighted by molar-refractivity contribution is 0.0105. The predicted molar refractivity (Wildman–Crippen MR) is 113 cm³/mol. The van der Waals surface area contributed by atoms with Gasteiger partial charge >= 0.3 is 6.03 Å². The molecule has 2 amide bonds. The monoisotopic (exact) mass is 396 g/mol. The maximum Gasteiger partial charge on any atom is 0.323 e. The van der Waals surface area contributed by atoms with E-state index in [1.54, 1.807) is 30.5 Å². The van der Waals surface area contributed by atoms with Crippen LogP contribution in [0.3, 0.4) is 0 Å². The molecule has 0 saturated heterocycles. The molecule has 4 fully saturated rings. The Morgan fingerprint density at radius 3 is 2.04 bits per heavy atom. The molecule has 0 unspecified atom stereocenters. The van der Waals surface area contributed by atoms with Gasteiger partial charge in [0.25, 0.3) is 0 Å². The number of halogens is 1. The molecule has 6 heteroatoms. The van der Waals surface area contributed by atoms with E-state index in [0.29, 0.717) is 16.4 Å². The van der Waals surface area contributed by atoms with Crippen molar-refractivity contribution in [3.05, 3.63) is 47.6 Å². The van der Waals surface area contributed by atoms with Crippen LogP contribution in [0.25, 0.3) is 0 Å². The van der Waals surface area contributed by atoms with Crippen LogP contribution in [-0.4, -0.2) is 16.6 Å². The number of nitrogens with zero attached hydrogens (tertiary/aromatic N) is 1. The number of hydrogen-bond acceptors (Lipinski definition) is 3. The zero-order chi connectivity index (χ0) is 19.1. The zero-order valence-corrected chi connectivity index (χ0v) is 16.5. The first kappa shape index (κ1) is 17.8. The van der Waals surface area contributed by atoms with E-state index in [0.717, 1.165) is 23.6 Å². The average molecular weight is 397 g/mol. The number of nitrogens with one attached hydrogen (secondary N) is 3. The molecular weight excluding hydrogens is 372 g/mol. The SMILES string of the molecule is O=C(Nc1ccc(Cl)cc1)Nc1ccc(NC23CC4CC(CC(C4)C2)C3)nc1. The molecule has 1 heterocycles. The van der Waals surface area contributed by atoms with Gasteiger partial charge in [-0.3, -0.25) is 0 Å². The van der Waals surface area contributed by atoms with Crippen molar-refractivity contribution >= 4 is 34.8 Å². The van der Waals surface area contributed by atoms with Crippen molar-refractivity contribution < 1.29 is 4.79 Å². The number of benzene rings is 1. The first-order valence-electron chi connectivity index (χ1n) is 10.1. The lowest BCUT2D eigenvalue weighted by Gasteiger charge is -2.57. The largest absolute Gasteiger partial charge is 0.365 e. The van der Waals surface area contributed by atoms with Gasteiger partial charge in [0.1, 0.15) is 5.82 Å². The molecule has 0 radical (unpaired) electrons. The van der Waals surface area contributed by atoms with Crippen molar-refractivity contribution in [1.82, 2.24) is 4.98 Å². The molecule has 5 nitrogen and oxygen atoms in total. The Morgan fingerprint density at radius 2 is 1.46 bits per heavy atom. The van der Waals surface area contributed by atoms with Gasteiger partial charge in [0.2, 0.25) is 0 Å². The number of aromatic nitrogens is 1. The second-order valence-corrected chi connectivity index (χ2v) is 9.28. The van der Waals surface area contributed by atoms with Crippen LogP contribution in [0.15, 0.2) is 42.6 Å².